The number of aliphatic hydroxyl groups excluding tert-OH is 1. The van der Waals surface area contributed by atoms with Crippen LogP contribution in [0.5, 0.6) is 5.75 Å². The molecule has 7 nitrogen and oxygen atoms in total. The second-order valence-corrected chi connectivity index (χ2v) is 8.19. The van der Waals surface area contributed by atoms with Crippen molar-refractivity contribution in [2.24, 2.45) is 0 Å². The van der Waals surface area contributed by atoms with Gasteiger partial charge < -0.3 is 20.9 Å². The first kappa shape index (κ1) is 19.2. The molecule has 3 aromatic rings. The smallest absolute Gasteiger partial charge is 0.261 e. The Bertz CT molecular complexity index is 1070. The number of benzene rings is 1. The summed E-state index contributed by atoms with van der Waals surface area (Å²) in [5, 5.41) is 13.3. The van der Waals surface area contributed by atoms with E-state index in [0.29, 0.717) is 42.1 Å². The van der Waals surface area contributed by atoms with E-state index in [4.69, 9.17) is 38.8 Å². The molecule has 0 spiro atoms. The van der Waals surface area contributed by atoms with Gasteiger partial charge >= 0.3 is 0 Å². The lowest BCUT2D eigenvalue weighted by atomic mass is 10.1. The summed E-state index contributed by atoms with van der Waals surface area (Å²) in [5.74, 6) is 0.300. The Morgan fingerprint density at radius 1 is 1.29 bits per heavy atom. The fraction of sp³-hybridized carbons (Fsp3) is 0.278. The minimum absolute atomic E-state index is 0.0716. The van der Waals surface area contributed by atoms with Crippen molar-refractivity contribution in [2.75, 3.05) is 18.9 Å². The first-order valence-electron chi connectivity index (χ1n) is 8.57. The zero-order valence-electron chi connectivity index (χ0n) is 14.5. The van der Waals surface area contributed by atoms with E-state index in [9.17, 15) is 4.79 Å². The number of carbonyl (C=O) groups is 1. The van der Waals surface area contributed by atoms with Crippen LogP contribution in [-0.4, -0.2) is 40.2 Å². The zero-order valence-corrected chi connectivity index (χ0v) is 16.9. The number of hydrogen-bond acceptors (Lipinski definition) is 7. The summed E-state index contributed by atoms with van der Waals surface area (Å²) in [6, 6.07) is 5.18. The fourth-order valence-corrected chi connectivity index (χ4v) is 4.18. The highest BCUT2D eigenvalue weighted by molar-refractivity contribution is 7.20. The maximum Gasteiger partial charge on any atom is 0.261 e. The molecule has 4 rings (SSSR count). The average molecular weight is 439 g/mol. The topological polar surface area (TPSA) is 110 Å². The third-order valence-corrected chi connectivity index (χ3v) is 5.81. The van der Waals surface area contributed by atoms with Gasteiger partial charge in [0.15, 0.2) is 0 Å². The van der Waals surface area contributed by atoms with Gasteiger partial charge in [0, 0.05) is 17.0 Å². The van der Waals surface area contributed by atoms with E-state index < -0.39 is 0 Å². The van der Waals surface area contributed by atoms with Gasteiger partial charge in [-0.3, -0.25) is 4.79 Å². The molecule has 10 heteroatoms. The Morgan fingerprint density at radius 3 is 2.79 bits per heavy atom. The molecule has 0 bridgehead atoms. The summed E-state index contributed by atoms with van der Waals surface area (Å²) < 4.78 is 5.46. The van der Waals surface area contributed by atoms with Gasteiger partial charge in [0.1, 0.15) is 17.2 Å². The number of nitrogens with zero attached hydrogens (tertiary/aromatic N) is 2. The average Bonchev–Trinajstić information content (AvgIpc) is 3.36. The highest BCUT2D eigenvalue weighted by atomic mass is 35.5. The van der Waals surface area contributed by atoms with Crippen LogP contribution in [0.3, 0.4) is 0 Å². The largest absolute Gasteiger partial charge is 0.490 e. The van der Waals surface area contributed by atoms with Crippen LogP contribution >= 0.6 is 34.5 Å². The second-order valence-electron chi connectivity index (χ2n) is 6.34. The molecular formula is C18H16Cl2N4O3S. The minimum Gasteiger partial charge on any atom is -0.490 e. The summed E-state index contributed by atoms with van der Waals surface area (Å²) in [4.78, 5) is 22.1. The normalized spacial score (nSPS) is 13.7. The molecule has 0 radical (unpaired) electrons. The number of thiophene rings is 1. The summed E-state index contributed by atoms with van der Waals surface area (Å²) in [6.07, 6.45) is 2.01. The monoisotopic (exact) mass is 438 g/mol. The van der Waals surface area contributed by atoms with E-state index in [1.54, 1.807) is 18.2 Å². The number of rotatable bonds is 6. The molecule has 1 aliphatic rings. The van der Waals surface area contributed by atoms with E-state index in [0.717, 1.165) is 12.8 Å². The molecule has 4 N–H and O–H groups in total. The number of amides is 1. The van der Waals surface area contributed by atoms with E-state index in [1.165, 1.54) is 11.3 Å². The van der Waals surface area contributed by atoms with Crippen LogP contribution in [0.4, 0.5) is 5.95 Å². The lowest BCUT2D eigenvalue weighted by Gasteiger charge is -2.11. The van der Waals surface area contributed by atoms with E-state index in [2.05, 4.69) is 15.3 Å². The predicted molar refractivity (Wildman–Crippen MR) is 110 cm³/mol. The zero-order chi connectivity index (χ0) is 19.8. The Hall–Kier alpha value is -2.13. The van der Waals surface area contributed by atoms with Crippen LogP contribution in [0, 0.1) is 0 Å². The van der Waals surface area contributed by atoms with Crippen molar-refractivity contribution in [3.8, 4) is 17.0 Å². The number of anilines is 1. The van der Waals surface area contributed by atoms with Gasteiger partial charge in [-0.25, -0.2) is 9.97 Å². The van der Waals surface area contributed by atoms with Crippen LogP contribution in [0.1, 0.15) is 22.5 Å². The van der Waals surface area contributed by atoms with Crippen LogP contribution in [0.15, 0.2) is 18.2 Å². The summed E-state index contributed by atoms with van der Waals surface area (Å²) >= 11 is 13.8. The SMILES string of the molecule is Nc1nc(-c2cc(OCCO)c(Cl)cc2Cl)c2cc(C(=O)NC3CC3)sc2n1. The van der Waals surface area contributed by atoms with Gasteiger partial charge in [0.05, 0.1) is 27.2 Å². The highest BCUT2D eigenvalue weighted by Crippen LogP contribution is 2.40. The highest BCUT2D eigenvalue weighted by Gasteiger charge is 2.25. The molecule has 0 atom stereocenters. The van der Waals surface area contributed by atoms with Gasteiger partial charge in [-0.05, 0) is 31.0 Å². The lowest BCUT2D eigenvalue weighted by Crippen LogP contribution is -2.24. The number of aromatic nitrogens is 2. The van der Waals surface area contributed by atoms with E-state index in [-0.39, 0.29) is 31.1 Å². The molecule has 2 aromatic heterocycles. The Morgan fingerprint density at radius 2 is 2.07 bits per heavy atom. The number of fused-ring (bicyclic) bond motifs is 1. The minimum atomic E-state index is -0.150. The van der Waals surface area contributed by atoms with Crippen molar-refractivity contribution < 1.29 is 14.6 Å². The van der Waals surface area contributed by atoms with E-state index in [1.807, 2.05) is 0 Å². The predicted octanol–water partition coefficient (Wildman–Crippen LogP) is 3.51. The molecule has 0 unspecified atom stereocenters. The Kier molecular flexibility index (Phi) is 5.29. The molecule has 2 heterocycles. The third-order valence-electron chi connectivity index (χ3n) is 4.17. The van der Waals surface area contributed by atoms with Crippen LogP contribution < -0.4 is 15.8 Å². The number of nitrogens with one attached hydrogen (secondary N) is 1. The second kappa shape index (κ2) is 7.71. The van der Waals surface area contributed by atoms with Crippen molar-refractivity contribution in [1.82, 2.24) is 15.3 Å². The molecule has 28 heavy (non-hydrogen) atoms. The molecule has 0 aliphatic heterocycles. The maximum absolute atomic E-state index is 12.4. The molecule has 0 saturated heterocycles. The maximum atomic E-state index is 12.4. The van der Waals surface area contributed by atoms with Crippen LogP contribution in [0.2, 0.25) is 10.0 Å². The first-order valence-corrected chi connectivity index (χ1v) is 10.1. The van der Waals surface area contributed by atoms with Gasteiger partial charge in [0.25, 0.3) is 5.91 Å². The quantitative estimate of drug-likeness (QED) is 0.542. The number of ether oxygens (including phenoxy) is 1. The lowest BCUT2D eigenvalue weighted by molar-refractivity contribution is 0.0955. The van der Waals surface area contributed by atoms with Gasteiger partial charge in [-0.2, -0.15) is 0 Å². The molecule has 1 fully saturated rings. The van der Waals surface area contributed by atoms with Gasteiger partial charge in [-0.15, -0.1) is 11.3 Å². The third kappa shape index (κ3) is 3.86. The Labute approximate surface area is 174 Å². The number of hydrogen-bond donors (Lipinski definition) is 3. The molecule has 146 valence electrons. The van der Waals surface area contributed by atoms with Crippen molar-refractivity contribution in [3.63, 3.8) is 0 Å². The molecule has 1 aliphatic carbocycles. The molecule has 1 aromatic carbocycles. The number of aliphatic hydroxyl groups is 1. The first-order chi connectivity index (χ1) is 13.5. The summed E-state index contributed by atoms with van der Waals surface area (Å²) in [5.41, 5.74) is 6.92. The van der Waals surface area contributed by atoms with Crippen molar-refractivity contribution in [2.45, 2.75) is 18.9 Å². The summed E-state index contributed by atoms with van der Waals surface area (Å²) in [6.45, 7) is -0.0605. The number of carbonyl (C=O) groups excluding carboxylic acids is 1. The molecular weight excluding hydrogens is 423 g/mol. The van der Waals surface area contributed by atoms with Crippen molar-refractivity contribution in [3.05, 3.63) is 33.1 Å². The van der Waals surface area contributed by atoms with Crippen LogP contribution in [0.25, 0.3) is 21.5 Å². The van der Waals surface area contributed by atoms with E-state index >= 15 is 0 Å². The molecule has 1 saturated carbocycles. The van der Waals surface area contributed by atoms with Gasteiger partial charge in [-0.1, -0.05) is 23.2 Å². The van der Waals surface area contributed by atoms with Gasteiger partial charge in [0.2, 0.25) is 5.95 Å². The standard InChI is InChI=1S/C18H16Cl2N4O3S/c19-11-7-12(20)13(27-4-3-25)5-9(11)15-10-6-14(16(26)22-8-1-2-8)28-17(10)24-18(21)23-15/h5-8,25H,1-4H2,(H,22,26)(H2,21,23,24). The fourth-order valence-electron chi connectivity index (χ4n) is 2.72. The van der Waals surface area contributed by atoms with Crippen LogP contribution in [-0.2, 0) is 0 Å². The number of nitrogens with two attached hydrogens (primary N) is 1. The van der Waals surface area contributed by atoms with Crippen molar-refractivity contribution >= 4 is 56.6 Å². The Balaban J connectivity index is 1.81. The molecule has 1 amide bonds. The summed E-state index contributed by atoms with van der Waals surface area (Å²) in [7, 11) is 0. The number of halogens is 2. The number of nitrogen functional groups attached to an aromatic ring is 1. The van der Waals surface area contributed by atoms with Crippen molar-refractivity contribution in [1.29, 1.82) is 0 Å².